The number of halogens is 2. The average Bonchev–Trinajstić information content (AvgIpc) is 1.90. The lowest BCUT2D eigenvalue weighted by molar-refractivity contribution is 0.0690. The van der Waals surface area contributed by atoms with Gasteiger partial charge in [0, 0.05) is 6.20 Å². The Morgan fingerprint density at radius 2 is 1.92 bits per heavy atom. The molecule has 0 amide bonds. The number of carboxylic acid groups (broad SMARTS) is 1. The van der Waals surface area contributed by atoms with E-state index in [1.54, 1.807) is 12.1 Å². The van der Waals surface area contributed by atoms with Crippen molar-refractivity contribution in [3.8, 4) is 0 Å². The highest BCUT2D eigenvalue weighted by atomic mass is 35.5. The van der Waals surface area contributed by atoms with E-state index in [1.807, 2.05) is 0 Å². The van der Waals surface area contributed by atoms with Crippen molar-refractivity contribution in [2.24, 2.45) is 0 Å². The normalized spacial score (nSPS) is 6.67. The molecule has 0 atom stereocenters. The average molecular weight is 214 g/mol. The SMILES string of the molecule is Cl.Cl.O.O=C(O)c1ccccn1. The Labute approximate surface area is 81.8 Å². The van der Waals surface area contributed by atoms with Gasteiger partial charge < -0.3 is 10.6 Å². The smallest absolute Gasteiger partial charge is 0.354 e. The molecule has 4 nitrogen and oxygen atoms in total. The van der Waals surface area contributed by atoms with Crippen LogP contribution in [0.15, 0.2) is 24.4 Å². The maximum atomic E-state index is 10.1. The van der Waals surface area contributed by atoms with Crippen molar-refractivity contribution in [1.82, 2.24) is 4.98 Å². The summed E-state index contributed by atoms with van der Waals surface area (Å²) in [5.41, 5.74) is 0.0810. The molecule has 0 fully saturated rings. The molecule has 0 aliphatic carbocycles. The van der Waals surface area contributed by atoms with Gasteiger partial charge in [-0.1, -0.05) is 6.07 Å². The second kappa shape index (κ2) is 8.26. The van der Waals surface area contributed by atoms with Gasteiger partial charge in [-0.25, -0.2) is 9.78 Å². The topological polar surface area (TPSA) is 81.7 Å². The van der Waals surface area contributed by atoms with E-state index in [0.29, 0.717) is 0 Å². The lowest BCUT2D eigenvalue weighted by Gasteiger charge is -1.87. The van der Waals surface area contributed by atoms with Crippen LogP contribution in [0.2, 0.25) is 0 Å². The van der Waals surface area contributed by atoms with Crippen LogP contribution in [0.3, 0.4) is 0 Å². The molecule has 0 saturated carbocycles. The predicted octanol–water partition coefficient (Wildman–Crippen LogP) is 0.799. The zero-order chi connectivity index (χ0) is 6.69. The minimum atomic E-state index is -0.990. The first kappa shape index (κ1) is 17.3. The van der Waals surface area contributed by atoms with Crippen molar-refractivity contribution in [2.75, 3.05) is 0 Å². The molecule has 1 heterocycles. The summed E-state index contributed by atoms with van der Waals surface area (Å²) in [6, 6.07) is 4.76. The molecular weight excluding hydrogens is 205 g/mol. The van der Waals surface area contributed by atoms with E-state index >= 15 is 0 Å². The van der Waals surface area contributed by atoms with E-state index in [9.17, 15) is 4.79 Å². The standard InChI is InChI=1S/C6H5NO2.2ClH.H2O/c8-6(9)5-3-1-2-4-7-5;;;/h1-4H,(H,8,9);2*1H;1H2. The van der Waals surface area contributed by atoms with Crippen LogP contribution in [0.1, 0.15) is 10.5 Å². The molecule has 0 aromatic carbocycles. The molecule has 0 bridgehead atoms. The highest BCUT2D eigenvalue weighted by Gasteiger charge is 1.98. The second-order valence-corrected chi connectivity index (χ2v) is 1.52. The molecule has 3 N–H and O–H groups in total. The summed E-state index contributed by atoms with van der Waals surface area (Å²) in [6.07, 6.45) is 1.45. The van der Waals surface area contributed by atoms with Crippen LogP contribution in [-0.2, 0) is 0 Å². The molecule has 0 spiro atoms. The van der Waals surface area contributed by atoms with Gasteiger partial charge in [0.05, 0.1) is 0 Å². The first-order valence-electron chi connectivity index (χ1n) is 2.45. The van der Waals surface area contributed by atoms with Crippen LogP contribution in [0.5, 0.6) is 0 Å². The first-order chi connectivity index (χ1) is 4.30. The lowest BCUT2D eigenvalue weighted by atomic mass is 10.4. The summed E-state index contributed by atoms with van der Waals surface area (Å²) in [4.78, 5) is 13.7. The minimum Gasteiger partial charge on any atom is -0.477 e. The van der Waals surface area contributed by atoms with E-state index in [0.717, 1.165) is 0 Å². The molecule has 0 saturated heterocycles. The van der Waals surface area contributed by atoms with Gasteiger partial charge in [-0.3, -0.25) is 0 Å². The van der Waals surface area contributed by atoms with Crippen molar-refractivity contribution >= 4 is 30.8 Å². The van der Waals surface area contributed by atoms with Crippen molar-refractivity contribution < 1.29 is 15.4 Å². The minimum absolute atomic E-state index is 0. The first-order valence-corrected chi connectivity index (χ1v) is 2.45. The molecule has 0 aliphatic rings. The van der Waals surface area contributed by atoms with Gasteiger partial charge in [0.25, 0.3) is 0 Å². The van der Waals surface area contributed by atoms with Crippen molar-refractivity contribution in [2.45, 2.75) is 0 Å². The van der Waals surface area contributed by atoms with Gasteiger partial charge in [-0.15, -0.1) is 24.8 Å². The molecule has 6 heteroatoms. The summed E-state index contributed by atoms with van der Waals surface area (Å²) in [5, 5.41) is 8.32. The Kier molecular flexibility index (Phi) is 11.9. The van der Waals surface area contributed by atoms with E-state index in [2.05, 4.69) is 4.98 Å². The van der Waals surface area contributed by atoms with E-state index in [4.69, 9.17) is 5.11 Å². The predicted molar refractivity (Wildman–Crippen MR) is 49.3 cm³/mol. The number of hydrogen-bond acceptors (Lipinski definition) is 2. The van der Waals surface area contributed by atoms with Crippen LogP contribution in [0.25, 0.3) is 0 Å². The van der Waals surface area contributed by atoms with Crippen molar-refractivity contribution in [3.63, 3.8) is 0 Å². The molecule has 70 valence electrons. The number of nitrogens with zero attached hydrogens (tertiary/aromatic N) is 1. The van der Waals surface area contributed by atoms with Crippen LogP contribution in [-0.4, -0.2) is 21.5 Å². The zero-order valence-electron chi connectivity index (χ0n) is 5.93. The van der Waals surface area contributed by atoms with Crippen LogP contribution in [0.4, 0.5) is 0 Å². The number of hydrogen-bond donors (Lipinski definition) is 1. The van der Waals surface area contributed by atoms with Crippen LogP contribution >= 0.6 is 24.8 Å². The van der Waals surface area contributed by atoms with Crippen molar-refractivity contribution in [3.05, 3.63) is 30.1 Å². The maximum Gasteiger partial charge on any atom is 0.354 e. The third-order valence-corrected chi connectivity index (χ3v) is 0.884. The Morgan fingerprint density at radius 3 is 2.17 bits per heavy atom. The molecule has 0 unspecified atom stereocenters. The molecule has 0 radical (unpaired) electrons. The summed E-state index contributed by atoms with van der Waals surface area (Å²) < 4.78 is 0. The van der Waals surface area contributed by atoms with Gasteiger partial charge in [0.1, 0.15) is 5.69 Å². The van der Waals surface area contributed by atoms with E-state index in [-0.39, 0.29) is 36.0 Å². The largest absolute Gasteiger partial charge is 0.477 e. The van der Waals surface area contributed by atoms with Gasteiger partial charge >= 0.3 is 5.97 Å². The highest BCUT2D eigenvalue weighted by molar-refractivity contribution is 5.85. The Hall–Kier alpha value is -0.840. The van der Waals surface area contributed by atoms with Gasteiger partial charge in [-0.05, 0) is 12.1 Å². The highest BCUT2D eigenvalue weighted by Crippen LogP contribution is 1.90. The summed E-state index contributed by atoms with van der Waals surface area (Å²) >= 11 is 0. The summed E-state index contributed by atoms with van der Waals surface area (Å²) in [7, 11) is 0. The Balaban J connectivity index is -0.000000270. The zero-order valence-corrected chi connectivity index (χ0v) is 7.56. The number of aromatic nitrogens is 1. The Bertz CT molecular complexity index is 217. The van der Waals surface area contributed by atoms with E-state index in [1.165, 1.54) is 12.3 Å². The molecule has 1 aromatic rings. The quantitative estimate of drug-likeness (QED) is 0.750. The fourth-order valence-electron chi connectivity index (χ4n) is 0.489. The van der Waals surface area contributed by atoms with E-state index < -0.39 is 5.97 Å². The fourth-order valence-corrected chi connectivity index (χ4v) is 0.489. The molecule has 1 rings (SSSR count). The number of carboxylic acids is 1. The number of aromatic carboxylic acids is 1. The maximum absolute atomic E-state index is 10.1. The summed E-state index contributed by atoms with van der Waals surface area (Å²) in [6.45, 7) is 0. The fraction of sp³-hybridized carbons (Fsp3) is 0. The number of carbonyl (C=O) groups is 1. The monoisotopic (exact) mass is 213 g/mol. The third kappa shape index (κ3) is 4.90. The van der Waals surface area contributed by atoms with Gasteiger partial charge in [0.15, 0.2) is 0 Å². The molecular formula is C6H9Cl2NO3. The molecule has 12 heavy (non-hydrogen) atoms. The lowest BCUT2D eigenvalue weighted by Crippen LogP contribution is -1.97. The van der Waals surface area contributed by atoms with Crippen LogP contribution in [0, 0.1) is 0 Å². The second-order valence-electron chi connectivity index (χ2n) is 1.52. The van der Waals surface area contributed by atoms with Crippen LogP contribution < -0.4 is 0 Å². The van der Waals surface area contributed by atoms with Crippen molar-refractivity contribution in [1.29, 1.82) is 0 Å². The third-order valence-electron chi connectivity index (χ3n) is 0.884. The molecule has 0 aliphatic heterocycles. The Morgan fingerprint density at radius 1 is 1.33 bits per heavy atom. The number of pyridine rings is 1. The van der Waals surface area contributed by atoms with Gasteiger partial charge in [-0.2, -0.15) is 0 Å². The van der Waals surface area contributed by atoms with Gasteiger partial charge in [0.2, 0.25) is 0 Å². The molecule has 1 aromatic heterocycles. The summed E-state index contributed by atoms with van der Waals surface area (Å²) in [5.74, 6) is -0.990. The number of rotatable bonds is 1.